The number of ether oxygens (including phenoxy) is 1. The first-order chi connectivity index (χ1) is 11.1. The number of hydrogen-bond acceptors (Lipinski definition) is 2. The van der Waals surface area contributed by atoms with Crippen molar-refractivity contribution in [1.82, 2.24) is 0 Å². The molecule has 0 N–H and O–H groups in total. The van der Waals surface area contributed by atoms with Crippen LogP contribution in [0.4, 0.5) is 0 Å². The number of fused-ring (bicyclic) bond motifs is 2. The highest BCUT2D eigenvalue weighted by Gasteiger charge is 2.78. The van der Waals surface area contributed by atoms with Gasteiger partial charge < -0.3 is 4.74 Å². The largest absolute Gasteiger partial charge is 0.462 e. The third-order valence-electron chi connectivity index (χ3n) is 4.41. The Morgan fingerprint density at radius 2 is 1.79 bits per heavy atom. The van der Waals surface area contributed by atoms with E-state index in [1.807, 2.05) is 0 Å². The second-order valence-electron chi connectivity index (χ2n) is 5.69. The van der Waals surface area contributed by atoms with Gasteiger partial charge in [0.1, 0.15) is 9.75 Å². The summed E-state index contributed by atoms with van der Waals surface area (Å²) in [5, 5.41) is 0.234. The molecule has 1 fully saturated rings. The van der Waals surface area contributed by atoms with Crippen molar-refractivity contribution in [2.45, 2.75) is 20.5 Å². The number of allylic oxidation sites excluding steroid dienone is 2. The lowest BCUT2D eigenvalue weighted by Gasteiger charge is -2.33. The highest BCUT2D eigenvalue weighted by Crippen LogP contribution is 2.74. The quantitative estimate of drug-likeness (QED) is 0.343. The van der Waals surface area contributed by atoms with Gasteiger partial charge >= 0.3 is 5.97 Å². The van der Waals surface area contributed by atoms with Gasteiger partial charge in [0.2, 0.25) is 0 Å². The number of rotatable bonds is 3. The Kier molecular flexibility index (Phi) is 5.15. The molecular formula is C15H9BrCl6O2. The molecule has 1 aromatic rings. The first-order valence-electron chi connectivity index (χ1n) is 6.81. The second-order valence-corrected chi connectivity index (χ2v) is 9.87. The van der Waals surface area contributed by atoms with Crippen LogP contribution in [0.5, 0.6) is 0 Å². The highest BCUT2D eigenvalue weighted by molar-refractivity contribution is 9.10. The molecule has 3 rings (SSSR count). The van der Waals surface area contributed by atoms with Crippen LogP contribution in [0.3, 0.4) is 0 Å². The van der Waals surface area contributed by atoms with Crippen LogP contribution in [0.2, 0.25) is 0 Å². The van der Waals surface area contributed by atoms with Crippen molar-refractivity contribution in [1.29, 1.82) is 0 Å². The molecule has 0 aromatic heterocycles. The van der Waals surface area contributed by atoms with E-state index in [4.69, 9.17) is 74.3 Å². The second kappa shape index (κ2) is 6.37. The average molecular weight is 514 g/mol. The van der Waals surface area contributed by atoms with Crippen LogP contribution >= 0.6 is 85.5 Å². The summed E-state index contributed by atoms with van der Waals surface area (Å²) >= 11 is 41.6. The van der Waals surface area contributed by atoms with Gasteiger partial charge in [-0.05, 0) is 34.5 Å². The number of hydrogen-bond donors (Lipinski definition) is 0. The van der Waals surface area contributed by atoms with E-state index in [9.17, 15) is 4.79 Å². The molecule has 9 heteroatoms. The van der Waals surface area contributed by atoms with Crippen molar-refractivity contribution in [3.63, 3.8) is 0 Å². The Morgan fingerprint density at radius 3 is 2.33 bits per heavy atom. The monoisotopic (exact) mass is 510 g/mol. The number of halogens is 7. The first-order valence-corrected chi connectivity index (χ1v) is 9.87. The molecule has 130 valence electrons. The maximum absolute atomic E-state index is 12.3. The predicted molar refractivity (Wildman–Crippen MR) is 103 cm³/mol. The van der Waals surface area contributed by atoms with Crippen LogP contribution in [0, 0.1) is 5.92 Å². The summed E-state index contributed by atoms with van der Waals surface area (Å²) in [6.45, 7) is -0.0419. The van der Waals surface area contributed by atoms with E-state index in [1.165, 1.54) is 0 Å². The minimum absolute atomic E-state index is 0.0419. The van der Waals surface area contributed by atoms with Gasteiger partial charge in [0.25, 0.3) is 0 Å². The zero-order valence-electron chi connectivity index (χ0n) is 11.8. The van der Waals surface area contributed by atoms with E-state index in [2.05, 4.69) is 15.9 Å². The van der Waals surface area contributed by atoms with E-state index in [0.29, 0.717) is 10.0 Å². The number of carbonyl (C=O) groups excluding carboxylic acids is 1. The van der Waals surface area contributed by atoms with Gasteiger partial charge in [-0.3, -0.25) is 0 Å². The molecule has 2 aliphatic rings. The topological polar surface area (TPSA) is 26.3 Å². The lowest BCUT2D eigenvalue weighted by atomic mass is 9.93. The van der Waals surface area contributed by atoms with Crippen LogP contribution in [0.1, 0.15) is 16.8 Å². The molecule has 0 spiro atoms. The van der Waals surface area contributed by atoms with Gasteiger partial charge in [-0.25, -0.2) is 4.79 Å². The minimum atomic E-state index is -1.61. The number of alkyl halides is 4. The van der Waals surface area contributed by atoms with E-state index < -0.39 is 26.0 Å². The number of esters is 1. The lowest BCUT2D eigenvalue weighted by Crippen LogP contribution is -2.45. The van der Waals surface area contributed by atoms with Crippen LogP contribution < -0.4 is 0 Å². The SMILES string of the molecule is O=C(OCC1CC2(Cl)C(Cl)=C(Cl)C1(Cl)C2(Cl)Cl)c1ccccc1Br. The van der Waals surface area contributed by atoms with Gasteiger partial charge in [0, 0.05) is 10.4 Å². The van der Waals surface area contributed by atoms with Crippen molar-refractivity contribution in [3.8, 4) is 0 Å². The molecule has 2 bridgehead atoms. The molecule has 2 nitrogen and oxygen atoms in total. The summed E-state index contributed by atoms with van der Waals surface area (Å²) in [5.41, 5.74) is 0.396. The Bertz CT molecular complexity index is 751. The van der Waals surface area contributed by atoms with Crippen molar-refractivity contribution in [2.75, 3.05) is 6.61 Å². The molecule has 1 aromatic carbocycles. The van der Waals surface area contributed by atoms with Gasteiger partial charge in [0.15, 0.2) is 4.33 Å². The van der Waals surface area contributed by atoms with E-state index in [0.717, 1.165) is 0 Å². The zero-order valence-corrected chi connectivity index (χ0v) is 17.9. The standard InChI is InChI=1S/C15H9BrCl6O2/c16-9-4-2-1-3-8(9)12(23)24-6-7-5-13(19)10(17)11(18)14(7,20)15(13,21)22/h1-4,7H,5-6H2. The fourth-order valence-electron chi connectivity index (χ4n) is 3.09. The molecule has 2 aliphatic carbocycles. The molecule has 0 radical (unpaired) electrons. The summed E-state index contributed by atoms with van der Waals surface area (Å²) in [7, 11) is 0. The lowest BCUT2D eigenvalue weighted by molar-refractivity contribution is 0.0426. The van der Waals surface area contributed by atoms with Crippen LogP contribution in [0.25, 0.3) is 0 Å². The molecule has 0 amide bonds. The first kappa shape index (κ1) is 19.4. The summed E-state index contributed by atoms with van der Waals surface area (Å²) < 4.78 is 4.40. The molecule has 0 heterocycles. The average Bonchev–Trinajstić information content (AvgIpc) is 2.75. The van der Waals surface area contributed by atoms with Crippen LogP contribution in [-0.4, -0.2) is 26.7 Å². The van der Waals surface area contributed by atoms with Crippen LogP contribution in [-0.2, 0) is 4.74 Å². The van der Waals surface area contributed by atoms with E-state index >= 15 is 0 Å². The predicted octanol–water partition coefficient (Wildman–Crippen LogP) is 6.46. The smallest absolute Gasteiger partial charge is 0.339 e. The summed E-state index contributed by atoms with van der Waals surface area (Å²) in [6, 6.07) is 6.91. The molecule has 3 unspecified atom stereocenters. The molecule has 1 saturated carbocycles. The highest BCUT2D eigenvalue weighted by atomic mass is 79.9. The normalized spacial score (nSPS) is 33.9. The van der Waals surface area contributed by atoms with E-state index in [-0.39, 0.29) is 23.1 Å². The Hall–Kier alpha value is 0.650. The minimum Gasteiger partial charge on any atom is -0.462 e. The molecule has 3 atom stereocenters. The summed E-state index contributed by atoms with van der Waals surface area (Å²) in [6.07, 6.45) is 0.239. The molecule has 0 saturated heterocycles. The van der Waals surface area contributed by atoms with Crippen molar-refractivity contribution >= 4 is 91.5 Å². The zero-order chi connectivity index (χ0) is 17.9. The third-order valence-corrected chi connectivity index (χ3v) is 9.43. The van der Waals surface area contributed by atoms with Crippen LogP contribution in [0.15, 0.2) is 38.8 Å². The number of carbonyl (C=O) groups is 1. The van der Waals surface area contributed by atoms with Gasteiger partial charge in [0.05, 0.1) is 22.2 Å². The Morgan fingerprint density at radius 1 is 1.17 bits per heavy atom. The molecule has 0 aliphatic heterocycles. The van der Waals surface area contributed by atoms with Gasteiger partial charge in [-0.2, -0.15) is 0 Å². The maximum Gasteiger partial charge on any atom is 0.339 e. The van der Waals surface area contributed by atoms with Gasteiger partial charge in [-0.1, -0.05) is 58.5 Å². The molecule has 24 heavy (non-hydrogen) atoms. The van der Waals surface area contributed by atoms with E-state index in [1.54, 1.807) is 24.3 Å². The fraction of sp³-hybridized carbons (Fsp3) is 0.400. The molecular weight excluding hydrogens is 505 g/mol. The Balaban J connectivity index is 1.81. The summed E-state index contributed by atoms with van der Waals surface area (Å²) in [4.78, 5) is 9.54. The third kappa shape index (κ3) is 2.46. The van der Waals surface area contributed by atoms with Crippen molar-refractivity contribution in [2.24, 2.45) is 5.92 Å². The Labute approximate surface area is 177 Å². The number of benzene rings is 1. The van der Waals surface area contributed by atoms with Gasteiger partial charge in [-0.15, -0.1) is 23.2 Å². The van der Waals surface area contributed by atoms with Crippen molar-refractivity contribution < 1.29 is 9.53 Å². The van der Waals surface area contributed by atoms with Crippen molar-refractivity contribution in [3.05, 3.63) is 44.4 Å². The maximum atomic E-state index is 12.3. The summed E-state index contributed by atoms with van der Waals surface area (Å²) in [5.74, 6) is -0.983. The fourth-order valence-corrected chi connectivity index (χ4v) is 6.36.